The normalized spacial score (nSPS) is 12.8. The fourth-order valence-corrected chi connectivity index (χ4v) is 1.59. The number of fused-ring (bicyclic) bond motifs is 1. The van der Waals surface area contributed by atoms with Crippen LogP contribution in [0.2, 0.25) is 0 Å². The third-order valence-electron chi connectivity index (χ3n) is 2.42. The van der Waals surface area contributed by atoms with Crippen LogP contribution < -0.4 is 11.1 Å². The topological polar surface area (TPSA) is 113 Å². The molecule has 7 nitrogen and oxygen atoms in total. The van der Waals surface area contributed by atoms with Crippen LogP contribution in [0.25, 0.3) is 11.0 Å². The number of hydrogen-bond acceptors (Lipinski definition) is 6. The first kappa shape index (κ1) is 11.6. The molecule has 2 heterocycles. The van der Waals surface area contributed by atoms with Gasteiger partial charge < -0.3 is 16.2 Å². The Balaban J connectivity index is 2.04. The van der Waals surface area contributed by atoms with E-state index in [-0.39, 0.29) is 12.1 Å². The number of aromatic amines is 1. The van der Waals surface area contributed by atoms with Crippen LogP contribution in [0.15, 0.2) is 6.20 Å². The number of nitrogens with one attached hydrogen (secondary N) is 2. The fraction of sp³-hybridized carbons (Fsp3) is 0.500. The molecule has 0 aliphatic carbocycles. The highest BCUT2D eigenvalue weighted by Crippen LogP contribution is 2.18. The van der Waals surface area contributed by atoms with Crippen molar-refractivity contribution in [3.63, 3.8) is 0 Å². The van der Waals surface area contributed by atoms with Gasteiger partial charge in [-0.3, -0.25) is 5.10 Å². The van der Waals surface area contributed by atoms with E-state index in [4.69, 9.17) is 10.8 Å². The van der Waals surface area contributed by atoms with Gasteiger partial charge >= 0.3 is 0 Å². The molecule has 92 valence electrons. The summed E-state index contributed by atoms with van der Waals surface area (Å²) in [7, 11) is 0. The first-order valence-corrected chi connectivity index (χ1v) is 5.55. The fourth-order valence-electron chi connectivity index (χ4n) is 1.59. The number of aliphatic hydroxyl groups is 1. The van der Waals surface area contributed by atoms with E-state index >= 15 is 0 Å². The largest absolute Gasteiger partial charge is 0.393 e. The SMILES string of the molecule is CC(O)CCCNc1nc(N)nc2[nH]ncc12. The quantitative estimate of drug-likeness (QED) is 0.562. The van der Waals surface area contributed by atoms with Gasteiger partial charge in [0.05, 0.1) is 17.7 Å². The molecule has 0 fully saturated rings. The van der Waals surface area contributed by atoms with Crippen LogP contribution in [0.5, 0.6) is 0 Å². The third-order valence-corrected chi connectivity index (χ3v) is 2.42. The Labute approximate surface area is 98.5 Å². The minimum Gasteiger partial charge on any atom is -0.393 e. The van der Waals surface area contributed by atoms with Gasteiger partial charge in [-0.2, -0.15) is 15.1 Å². The molecule has 0 aromatic carbocycles. The predicted molar refractivity (Wildman–Crippen MR) is 65.5 cm³/mol. The lowest BCUT2D eigenvalue weighted by Gasteiger charge is -2.07. The van der Waals surface area contributed by atoms with Gasteiger partial charge in [0.25, 0.3) is 0 Å². The number of H-pyrrole nitrogens is 1. The second-order valence-corrected chi connectivity index (χ2v) is 3.98. The van der Waals surface area contributed by atoms with E-state index in [0.717, 1.165) is 24.8 Å². The van der Waals surface area contributed by atoms with Crippen molar-refractivity contribution in [2.24, 2.45) is 0 Å². The second kappa shape index (κ2) is 4.96. The molecule has 17 heavy (non-hydrogen) atoms. The van der Waals surface area contributed by atoms with Gasteiger partial charge in [-0.15, -0.1) is 0 Å². The molecule has 1 atom stereocenters. The molecule has 0 saturated carbocycles. The number of hydrogen-bond donors (Lipinski definition) is 4. The number of aliphatic hydroxyl groups excluding tert-OH is 1. The summed E-state index contributed by atoms with van der Waals surface area (Å²) >= 11 is 0. The molecule has 2 aromatic rings. The number of nitrogens with zero attached hydrogens (tertiary/aromatic N) is 3. The van der Waals surface area contributed by atoms with E-state index in [1.54, 1.807) is 13.1 Å². The van der Waals surface area contributed by atoms with E-state index in [1.165, 1.54) is 0 Å². The summed E-state index contributed by atoms with van der Waals surface area (Å²) in [5, 5.41) is 19.8. The van der Waals surface area contributed by atoms with Crippen LogP contribution in [0.3, 0.4) is 0 Å². The zero-order valence-electron chi connectivity index (χ0n) is 9.64. The molecule has 0 radical (unpaired) electrons. The van der Waals surface area contributed by atoms with Crippen molar-refractivity contribution < 1.29 is 5.11 Å². The van der Waals surface area contributed by atoms with Crippen molar-refractivity contribution in [1.29, 1.82) is 0 Å². The second-order valence-electron chi connectivity index (χ2n) is 3.98. The Morgan fingerprint density at radius 3 is 3.12 bits per heavy atom. The molecule has 0 saturated heterocycles. The Hall–Kier alpha value is -1.89. The van der Waals surface area contributed by atoms with Crippen LogP contribution >= 0.6 is 0 Å². The van der Waals surface area contributed by atoms with Crippen molar-refractivity contribution in [2.45, 2.75) is 25.9 Å². The summed E-state index contributed by atoms with van der Waals surface area (Å²) in [4.78, 5) is 8.14. The van der Waals surface area contributed by atoms with Crippen LogP contribution in [-0.4, -0.2) is 37.9 Å². The van der Waals surface area contributed by atoms with Gasteiger partial charge in [0.15, 0.2) is 5.65 Å². The molecule has 0 aliphatic heterocycles. The van der Waals surface area contributed by atoms with Gasteiger partial charge in [0, 0.05) is 6.54 Å². The first-order chi connectivity index (χ1) is 8.16. The lowest BCUT2D eigenvalue weighted by molar-refractivity contribution is 0.183. The van der Waals surface area contributed by atoms with Gasteiger partial charge in [0.1, 0.15) is 5.82 Å². The van der Waals surface area contributed by atoms with E-state index in [2.05, 4.69) is 25.5 Å². The molecule has 0 amide bonds. The van der Waals surface area contributed by atoms with Crippen LogP contribution in [-0.2, 0) is 0 Å². The average Bonchev–Trinajstić information content (AvgIpc) is 2.71. The average molecular weight is 236 g/mol. The summed E-state index contributed by atoms with van der Waals surface area (Å²) in [6.45, 7) is 2.50. The lowest BCUT2D eigenvalue weighted by atomic mass is 10.2. The highest BCUT2D eigenvalue weighted by Gasteiger charge is 2.07. The molecule has 7 heteroatoms. The van der Waals surface area contributed by atoms with Gasteiger partial charge in [0.2, 0.25) is 5.95 Å². The summed E-state index contributed by atoms with van der Waals surface area (Å²) in [5.74, 6) is 0.881. The molecular weight excluding hydrogens is 220 g/mol. The first-order valence-electron chi connectivity index (χ1n) is 5.55. The van der Waals surface area contributed by atoms with E-state index in [0.29, 0.717) is 11.5 Å². The predicted octanol–water partition coefficient (Wildman–Crippen LogP) is 0.508. The van der Waals surface area contributed by atoms with Crippen molar-refractivity contribution in [1.82, 2.24) is 20.2 Å². The van der Waals surface area contributed by atoms with Crippen LogP contribution in [0.4, 0.5) is 11.8 Å². The van der Waals surface area contributed by atoms with Gasteiger partial charge in [-0.25, -0.2) is 0 Å². The maximum absolute atomic E-state index is 9.14. The molecule has 1 unspecified atom stereocenters. The summed E-state index contributed by atoms with van der Waals surface area (Å²) in [5.41, 5.74) is 6.21. The van der Waals surface area contributed by atoms with E-state index in [9.17, 15) is 0 Å². The lowest BCUT2D eigenvalue weighted by Crippen LogP contribution is -2.09. The minimum atomic E-state index is -0.277. The number of anilines is 2. The van der Waals surface area contributed by atoms with Gasteiger partial charge in [-0.1, -0.05) is 0 Å². The van der Waals surface area contributed by atoms with Crippen molar-refractivity contribution in [3.05, 3.63) is 6.20 Å². The van der Waals surface area contributed by atoms with Crippen molar-refractivity contribution in [3.8, 4) is 0 Å². The minimum absolute atomic E-state index is 0.208. The zero-order chi connectivity index (χ0) is 12.3. The van der Waals surface area contributed by atoms with Crippen molar-refractivity contribution >= 4 is 22.8 Å². The Bertz CT molecular complexity index is 495. The third kappa shape index (κ3) is 2.82. The Morgan fingerprint density at radius 1 is 1.53 bits per heavy atom. The molecule has 2 rings (SSSR count). The van der Waals surface area contributed by atoms with E-state index < -0.39 is 0 Å². The van der Waals surface area contributed by atoms with Crippen LogP contribution in [0, 0.1) is 0 Å². The Kier molecular flexibility index (Phi) is 3.38. The number of aromatic nitrogens is 4. The maximum atomic E-state index is 9.14. The number of rotatable bonds is 5. The number of nitrogen functional groups attached to an aromatic ring is 1. The molecular formula is C10H16N6O. The Morgan fingerprint density at radius 2 is 2.35 bits per heavy atom. The maximum Gasteiger partial charge on any atom is 0.224 e. The van der Waals surface area contributed by atoms with E-state index in [1.807, 2.05) is 0 Å². The number of nitrogens with two attached hydrogens (primary N) is 1. The summed E-state index contributed by atoms with van der Waals surface area (Å²) < 4.78 is 0. The monoisotopic (exact) mass is 236 g/mol. The molecule has 0 aliphatic rings. The highest BCUT2D eigenvalue weighted by atomic mass is 16.3. The molecule has 2 aromatic heterocycles. The summed E-state index contributed by atoms with van der Waals surface area (Å²) in [6.07, 6.45) is 3.00. The van der Waals surface area contributed by atoms with Crippen LogP contribution in [0.1, 0.15) is 19.8 Å². The standard InChI is InChI=1S/C10H16N6O/c1-6(17)3-2-4-12-8-7-5-13-16-9(7)15-10(11)14-8/h5-6,17H,2-4H2,1H3,(H4,11,12,13,14,15,16). The van der Waals surface area contributed by atoms with Gasteiger partial charge in [-0.05, 0) is 19.8 Å². The molecule has 5 N–H and O–H groups in total. The highest BCUT2D eigenvalue weighted by molar-refractivity contribution is 5.86. The smallest absolute Gasteiger partial charge is 0.224 e. The molecule has 0 spiro atoms. The van der Waals surface area contributed by atoms with Crippen molar-refractivity contribution in [2.75, 3.05) is 17.6 Å². The molecule has 0 bridgehead atoms. The summed E-state index contributed by atoms with van der Waals surface area (Å²) in [6, 6.07) is 0. The zero-order valence-corrected chi connectivity index (χ0v) is 9.64.